The summed E-state index contributed by atoms with van der Waals surface area (Å²) in [5, 5.41) is 0. The van der Waals surface area contributed by atoms with E-state index in [4.69, 9.17) is 14.0 Å². The van der Waals surface area contributed by atoms with Crippen molar-refractivity contribution in [1.29, 1.82) is 0 Å². The third-order valence-electron chi connectivity index (χ3n) is 4.70. The van der Waals surface area contributed by atoms with Crippen LogP contribution in [0.4, 0.5) is 4.79 Å². The Morgan fingerprint density at radius 2 is 1.77 bits per heavy atom. The van der Waals surface area contributed by atoms with Gasteiger partial charge in [0, 0.05) is 19.0 Å². The smallest absolute Gasteiger partial charge is 0.449 e. The lowest BCUT2D eigenvalue weighted by Crippen LogP contribution is -2.41. The van der Waals surface area contributed by atoms with Crippen molar-refractivity contribution >= 4 is 13.2 Å². The highest BCUT2D eigenvalue weighted by Gasteiger charge is 2.50. The Kier molecular flexibility index (Phi) is 5.23. The first-order valence-corrected chi connectivity index (χ1v) is 8.17. The average molecular weight is 309 g/mol. The molecule has 6 heteroatoms. The third kappa shape index (κ3) is 4.05. The van der Waals surface area contributed by atoms with Gasteiger partial charge in [-0.15, -0.1) is 0 Å². The molecule has 0 aliphatic carbocycles. The van der Waals surface area contributed by atoms with Crippen LogP contribution in [-0.4, -0.2) is 49.0 Å². The van der Waals surface area contributed by atoms with E-state index in [9.17, 15) is 4.79 Å². The van der Waals surface area contributed by atoms with E-state index in [1.54, 1.807) is 4.90 Å². The van der Waals surface area contributed by atoms with E-state index in [0.717, 1.165) is 25.9 Å². The monoisotopic (exact) mass is 309 g/mol. The lowest BCUT2D eigenvalue weighted by atomic mass is 9.88. The fraction of sp³-hybridized carbons (Fsp3) is 0.812. The Labute approximate surface area is 134 Å². The Morgan fingerprint density at radius 3 is 2.32 bits per heavy atom. The number of hydrogen-bond acceptors (Lipinski definition) is 4. The SMILES string of the molecule is CC(/C=C/B1OC(C)(C)C(C)(C)O1)COC(=O)N1CCCC1. The number of nitrogens with zero attached hydrogens (tertiary/aromatic N) is 1. The highest BCUT2D eigenvalue weighted by molar-refractivity contribution is 6.51. The molecule has 1 amide bonds. The summed E-state index contributed by atoms with van der Waals surface area (Å²) < 4.78 is 17.1. The first-order valence-electron chi connectivity index (χ1n) is 8.17. The molecule has 0 aromatic heterocycles. The van der Waals surface area contributed by atoms with Crippen LogP contribution < -0.4 is 0 Å². The summed E-state index contributed by atoms with van der Waals surface area (Å²) >= 11 is 0. The van der Waals surface area contributed by atoms with Crippen molar-refractivity contribution in [1.82, 2.24) is 4.90 Å². The minimum absolute atomic E-state index is 0.130. The Hall–Kier alpha value is -1.01. The topological polar surface area (TPSA) is 48.0 Å². The molecule has 2 aliphatic heterocycles. The van der Waals surface area contributed by atoms with Gasteiger partial charge in [-0.3, -0.25) is 0 Å². The highest BCUT2D eigenvalue weighted by atomic mass is 16.7. The van der Waals surface area contributed by atoms with E-state index in [0.29, 0.717) is 6.61 Å². The van der Waals surface area contributed by atoms with Crippen LogP contribution in [0.5, 0.6) is 0 Å². The van der Waals surface area contributed by atoms with Gasteiger partial charge in [-0.2, -0.15) is 0 Å². The van der Waals surface area contributed by atoms with E-state index in [-0.39, 0.29) is 30.3 Å². The van der Waals surface area contributed by atoms with E-state index >= 15 is 0 Å². The molecule has 2 aliphatic rings. The molecule has 5 nitrogen and oxygen atoms in total. The van der Waals surface area contributed by atoms with Crippen molar-refractivity contribution in [2.75, 3.05) is 19.7 Å². The van der Waals surface area contributed by atoms with Crippen LogP contribution in [0.2, 0.25) is 0 Å². The second-order valence-corrected chi connectivity index (χ2v) is 7.26. The zero-order valence-electron chi connectivity index (χ0n) is 14.4. The van der Waals surface area contributed by atoms with Crippen molar-refractivity contribution in [3.8, 4) is 0 Å². The van der Waals surface area contributed by atoms with Gasteiger partial charge >= 0.3 is 13.2 Å². The summed E-state index contributed by atoms with van der Waals surface area (Å²) in [7, 11) is -0.346. The van der Waals surface area contributed by atoms with Crippen LogP contribution in [0.3, 0.4) is 0 Å². The molecular weight excluding hydrogens is 281 g/mol. The fourth-order valence-electron chi connectivity index (χ4n) is 2.50. The van der Waals surface area contributed by atoms with Crippen LogP contribution in [0.25, 0.3) is 0 Å². The number of likely N-dealkylation sites (tertiary alicyclic amines) is 1. The van der Waals surface area contributed by atoms with Gasteiger partial charge in [-0.25, -0.2) is 4.79 Å². The molecule has 124 valence electrons. The molecule has 2 heterocycles. The van der Waals surface area contributed by atoms with Crippen molar-refractivity contribution in [2.24, 2.45) is 5.92 Å². The van der Waals surface area contributed by atoms with Crippen molar-refractivity contribution in [3.63, 3.8) is 0 Å². The zero-order chi connectivity index (χ0) is 16.4. The molecule has 2 saturated heterocycles. The van der Waals surface area contributed by atoms with E-state index in [1.165, 1.54) is 0 Å². The molecule has 0 bridgehead atoms. The minimum Gasteiger partial charge on any atom is -0.449 e. The number of amides is 1. The Morgan fingerprint density at radius 1 is 1.23 bits per heavy atom. The van der Waals surface area contributed by atoms with Gasteiger partial charge in [0.15, 0.2) is 0 Å². The van der Waals surface area contributed by atoms with Crippen LogP contribution >= 0.6 is 0 Å². The molecule has 0 saturated carbocycles. The van der Waals surface area contributed by atoms with E-state index < -0.39 is 0 Å². The molecule has 0 spiro atoms. The molecule has 0 aromatic rings. The first-order chi connectivity index (χ1) is 10.2. The molecule has 2 fully saturated rings. The maximum atomic E-state index is 11.8. The summed E-state index contributed by atoms with van der Waals surface area (Å²) in [5.41, 5.74) is -0.652. The van der Waals surface area contributed by atoms with E-state index in [2.05, 4.69) is 0 Å². The number of ether oxygens (including phenoxy) is 1. The Balaban J connectivity index is 1.75. The molecule has 1 unspecified atom stereocenters. The summed E-state index contributed by atoms with van der Waals surface area (Å²) in [6, 6.07) is 0. The Bertz CT molecular complexity index is 414. The molecule has 0 N–H and O–H groups in total. The maximum absolute atomic E-state index is 11.8. The summed E-state index contributed by atoms with van der Waals surface area (Å²) in [6.07, 6.45) is 3.94. The number of hydrogen-bond donors (Lipinski definition) is 0. The van der Waals surface area contributed by atoms with Crippen molar-refractivity contribution in [2.45, 2.75) is 58.7 Å². The van der Waals surface area contributed by atoms with Gasteiger partial charge in [-0.05, 0) is 40.5 Å². The lowest BCUT2D eigenvalue weighted by molar-refractivity contribution is 0.00578. The third-order valence-corrected chi connectivity index (χ3v) is 4.70. The number of rotatable bonds is 4. The molecule has 22 heavy (non-hydrogen) atoms. The van der Waals surface area contributed by atoms with Gasteiger partial charge in [-0.1, -0.05) is 19.0 Å². The standard InChI is InChI=1S/C16H28BNO4/c1-13(12-20-14(19)18-10-6-7-11-18)8-9-17-21-15(2,3)16(4,5)22-17/h8-9,13H,6-7,10-12H2,1-5H3/b9-8+. The van der Waals surface area contributed by atoms with Gasteiger partial charge in [0.05, 0.1) is 17.8 Å². The van der Waals surface area contributed by atoms with Crippen LogP contribution in [-0.2, 0) is 14.0 Å². The zero-order valence-corrected chi connectivity index (χ0v) is 14.4. The van der Waals surface area contributed by atoms with Gasteiger partial charge in [0.25, 0.3) is 0 Å². The fourth-order valence-corrected chi connectivity index (χ4v) is 2.50. The molecule has 0 radical (unpaired) electrons. The van der Waals surface area contributed by atoms with Crippen molar-refractivity contribution < 1.29 is 18.8 Å². The normalized spacial score (nSPS) is 25.0. The van der Waals surface area contributed by atoms with Gasteiger partial charge in [0.1, 0.15) is 0 Å². The summed E-state index contributed by atoms with van der Waals surface area (Å²) in [6.45, 7) is 12.1. The second kappa shape index (κ2) is 6.63. The summed E-state index contributed by atoms with van der Waals surface area (Å²) in [4.78, 5) is 13.6. The highest BCUT2D eigenvalue weighted by Crippen LogP contribution is 2.36. The molecule has 1 atom stereocenters. The van der Waals surface area contributed by atoms with E-state index in [1.807, 2.05) is 46.7 Å². The predicted molar refractivity (Wildman–Crippen MR) is 86.5 cm³/mol. The molecule has 2 rings (SSSR count). The maximum Gasteiger partial charge on any atom is 0.486 e. The number of carbonyl (C=O) groups is 1. The van der Waals surface area contributed by atoms with Crippen LogP contribution in [0.15, 0.2) is 12.1 Å². The van der Waals surface area contributed by atoms with Gasteiger partial charge in [0.2, 0.25) is 0 Å². The molecular formula is C16H28BNO4. The van der Waals surface area contributed by atoms with Crippen LogP contribution in [0, 0.1) is 5.92 Å². The minimum atomic E-state index is -0.346. The average Bonchev–Trinajstić information content (AvgIpc) is 3.01. The van der Waals surface area contributed by atoms with Gasteiger partial charge < -0.3 is 18.9 Å². The largest absolute Gasteiger partial charge is 0.486 e. The summed E-state index contributed by atoms with van der Waals surface area (Å²) in [5.74, 6) is 2.04. The second-order valence-electron chi connectivity index (χ2n) is 7.26. The molecule has 0 aromatic carbocycles. The van der Waals surface area contributed by atoms with Crippen LogP contribution in [0.1, 0.15) is 47.5 Å². The first kappa shape index (κ1) is 17.4. The lowest BCUT2D eigenvalue weighted by Gasteiger charge is -2.32. The van der Waals surface area contributed by atoms with Crippen molar-refractivity contribution in [3.05, 3.63) is 12.1 Å². The number of carbonyl (C=O) groups excluding carboxylic acids is 1. The quantitative estimate of drug-likeness (QED) is 0.749. The predicted octanol–water partition coefficient (Wildman–Crippen LogP) is 3.04.